The lowest BCUT2D eigenvalue weighted by Crippen LogP contribution is -2.37. The third kappa shape index (κ3) is 2.56. The van der Waals surface area contributed by atoms with Gasteiger partial charge in [-0.15, -0.1) is 0 Å². The van der Waals surface area contributed by atoms with Crippen molar-refractivity contribution in [2.75, 3.05) is 30.4 Å². The number of sulfonamides is 1. The van der Waals surface area contributed by atoms with E-state index >= 15 is 0 Å². The van der Waals surface area contributed by atoms with Crippen LogP contribution < -0.4 is 5.32 Å². The van der Waals surface area contributed by atoms with E-state index in [1.165, 1.54) is 0 Å². The molecule has 1 aromatic rings. The van der Waals surface area contributed by atoms with Gasteiger partial charge in [0.2, 0.25) is 10.0 Å². The molecule has 110 valence electrons. The minimum atomic E-state index is -3.36. The molecule has 0 spiro atoms. The number of thioether (sulfide) groups is 1. The molecule has 20 heavy (non-hydrogen) atoms. The van der Waals surface area contributed by atoms with E-state index in [1.807, 2.05) is 23.9 Å². The summed E-state index contributed by atoms with van der Waals surface area (Å²) in [6, 6.07) is 5.61. The number of anilines is 1. The minimum absolute atomic E-state index is 0.138. The molecule has 1 unspecified atom stereocenters. The first-order valence-electron chi connectivity index (χ1n) is 7.01. The molecule has 0 saturated carbocycles. The summed E-state index contributed by atoms with van der Waals surface area (Å²) in [4.78, 5) is 0.430. The highest BCUT2D eigenvalue weighted by Gasteiger charge is 2.30. The third-order valence-corrected chi connectivity index (χ3v) is 7.16. The van der Waals surface area contributed by atoms with Crippen LogP contribution in [0.5, 0.6) is 0 Å². The van der Waals surface area contributed by atoms with Crippen molar-refractivity contribution in [1.29, 1.82) is 0 Å². The first-order valence-corrected chi connectivity index (χ1v) is 9.61. The first kappa shape index (κ1) is 14.2. The number of nitrogens with one attached hydrogen (secondary N) is 1. The molecule has 2 heterocycles. The minimum Gasteiger partial charge on any atom is -0.385 e. The van der Waals surface area contributed by atoms with Crippen molar-refractivity contribution in [3.8, 4) is 0 Å². The van der Waals surface area contributed by atoms with Crippen molar-refractivity contribution in [2.24, 2.45) is 0 Å². The summed E-state index contributed by atoms with van der Waals surface area (Å²) in [5.41, 5.74) is 2.20. The van der Waals surface area contributed by atoms with Gasteiger partial charge in [-0.05, 0) is 48.8 Å². The average molecular weight is 312 g/mol. The van der Waals surface area contributed by atoms with Crippen LogP contribution in [-0.4, -0.2) is 43.9 Å². The highest BCUT2D eigenvalue weighted by molar-refractivity contribution is 7.99. The first-order chi connectivity index (χ1) is 9.59. The quantitative estimate of drug-likeness (QED) is 0.929. The summed E-state index contributed by atoms with van der Waals surface area (Å²) in [5.74, 6) is 1.96. The Morgan fingerprint density at radius 2 is 2.25 bits per heavy atom. The van der Waals surface area contributed by atoms with Gasteiger partial charge < -0.3 is 5.32 Å². The van der Waals surface area contributed by atoms with Gasteiger partial charge >= 0.3 is 0 Å². The molecule has 0 aliphatic carbocycles. The molecule has 4 nitrogen and oxygen atoms in total. The van der Waals surface area contributed by atoms with Crippen LogP contribution in [0.25, 0.3) is 0 Å². The Morgan fingerprint density at radius 3 is 3.00 bits per heavy atom. The van der Waals surface area contributed by atoms with Gasteiger partial charge in [0, 0.05) is 31.1 Å². The Morgan fingerprint density at radius 1 is 1.40 bits per heavy atom. The van der Waals surface area contributed by atoms with E-state index in [1.54, 1.807) is 17.4 Å². The van der Waals surface area contributed by atoms with E-state index in [4.69, 9.17) is 0 Å². The lowest BCUT2D eigenvalue weighted by molar-refractivity contribution is 0.394. The van der Waals surface area contributed by atoms with Crippen molar-refractivity contribution in [3.63, 3.8) is 0 Å². The predicted molar refractivity (Wildman–Crippen MR) is 83.9 cm³/mol. The molecule has 1 fully saturated rings. The maximum absolute atomic E-state index is 12.7. The van der Waals surface area contributed by atoms with E-state index < -0.39 is 10.0 Å². The Balaban J connectivity index is 1.90. The molecule has 3 rings (SSSR count). The van der Waals surface area contributed by atoms with Crippen LogP contribution >= 0.6 is 11.8 Å². The number of hydrogen-bond acceptors (Lipinski definition) is 4. The number of fused-ring (bicyclic) bond motifs is 1. The Kier molecular flexibility index (Phi) is 3.97. The molecule has 2 aliphatic heterocycles. The summed E-state index contributed by atoms with van der Waals surface area (Å²) in [6.45, 7) is 0.971. The summed E-state index contributed by atoms with van der Waals surface area (Å²) < 4.78 is 27.0. The molecule has 2 aliphatic rings. The summed E-state index contributed by atoms with van der Waals surface area (Å²) in [7, 11) is -1.65. The number of benzene rings is 1. The zero-order valence-corrected chi connectivity index (χ0v) is 13.3. The molecule has 1 atom stereocenters. The van der Waals surface area contributed by atoms with Gasteiger partial charge in [-0.25, -0.2) is 8.42 Å². The van der Waals surface area contributed by atoms with Crippen molar-refractivity contribution >= 4 is 27.5 Å². The molecule has 1 saturated heterocycles. The fourth-order valence-electron chi connectivity index (χ4n) is 2.78. The van der Waals surface area contributed by atoms with Gasteiger partial charge in [-0.2, -0.15) is 16.1 Å². The van der Waals surface area contributed by atoms with E-state index in [0.717, 1.165) is 48.6 Å². The smallest absolute Gasteiger partial charge is 0.243 e. The topological polar surface area (TPSA) is 49.4 Å². The van der Waals surface area contributed by atoms with Crippen LogP contribution in [0.3, 0.4) is 0 Å². The van der Waals surface area contributed by atoms with E-state index in [2.05, 4.69) is 5.32 Å². The van der Waals surface area contributed by atoms with Crippen LogP contribution in [0.1, 0.15) is 18.4 Å². The Bertz CT molecular complexity index is 595. The van der Waals surface area contributed by atoms with Crippen LogP contribution in [0.2, 0.25) is 0 Å². The Hall–Kier alpha value is -0.720. The monoisotopic (exact) mass is 312 g/mol. The zero-order chi connectivity index (χ0) is 14.2. The molecular weight excluding hydrogens is 292 g/mol. The normalized spacial score (nSPS) is 22.6. The average Bonchev–Trinajstić information content (AvgIpc) is 3.00. The summed E-state index contributed by atoms with van der Waals surface area (Å²) >= 11 is 1.83. The van der Waals surface area contributed by atoms with Crippen LogP contribution in [0, 0.1) is 0 Å². The van der Waals surface area contributed by atoms with Crippen molar-refractivity contribution < 1.29 is 8.42 Å². The van der Waals surface area contributed by atoms with E-state index in [0.29, 0.717) is 4.90 Å². The van der Waals surface area contributed by atoms with E-state index in [9.17, 15) is 8.42 Å². The number of rotatable bonds is 3. The Labute approximate surface area is 125 Å². The SMILES string of the molecule is CN(C1CCSC1)S(=O)(=O)c1ccc2c(c1)CCCN2. The van der Waals surface area contributed by atoms with Crippen LogP contribution in [0.4, 0.5) is 5.69 Å². The molecule has 1 aromatic carbocycles. The molecule has 0 bridgehead atoms. The van der Waals surface area contributed by atoms with Gasteiger partial charge in [0.25, 0.3) is 0 Å². The second-order valence-electron chi connectivity index (χ2n) is 5.39. The maximum atomic E-state index is 12.7. The molecule has 0 aromatic heterocycles. The van der Waals surface area contributed by atoms with Gasteiger partial charge in [0.05, 0.1) is 4.90 Å². The molecule has 0 radical (unpaired) electrons. The van der Waals surface area contributed by atoms with Crippen molar-refractivity contribution in [3.05, 3.63) is 23.8 Å². The standard InChI is InChI=1S/C14H20N2O2S2/c1-16(12-6-8-19-10-12)20(17,18)13-4-5-14-11(9-13)3-2-7-15-14/h4-5,9,12,15H,2-3,6-8,10H2,1H3. The largest absolute Gasteiger partial charge is 0.385 e. The molecule has 0 amide bonds. The van der Waals surface area contributed by atoms with Crippen molar-refractivity contribution in [2.45, 2.75) is 30.2 Å². The van der Waals surface area contributed by atoms with Crippen LogP contribution in [-0.2, 0) is 16.4 Å². The number of hydrogen-bond donors (Lipinski definition) is 1. The number of aryl methyl sites for hydroxylation is 1. The maximum Gasteiger partial charge on any atom is 0.243 e. The lowest BCUT2D eigenvalue weighted by Gasteiger charge is -2.24. The molecule has 1 N–H and O–H groups in total. The lowest BCUT2D eigenvalue weighted by atomic mass is 10.0. The fraction of sp³-hybridized carbons (Fsp3) is 0.571. The van der Waals surface area contributed by atoms with Crippen LogP contribution in [0.15, 0.2) is 23.1 Å². The van der Waals surface area contributed by atoms with Crippen molar-refractivity contribution in [1.82, 2.24) is 4.31 Å². The number of nitrogens with zero attached hydrogens (tertiary/aromatic N) is 1. The molecule has 6 heteroatoms. The highest BCUT2D eigenvalue weighted by atomic mass is 32.2. The third-order valence-electron chi connectivity index (χ3n) is 4.11. The summed E-state index contributed by atoms with van der Waals surface area (Å²) in [5, 5.41) is 3.31. The second kappa shape index (κ2) is 5.58. The van der Waals surface area contributed by atoms with Gasteiger partial charge in [-0.3, -0.25) is 0 Å². The van der Waals surface area contributed by atoms with Gasteiger partial charge in [-0.1, -0.05) is 0 Å². The highest BCUT2D eigenvalue weighted by Crippen LogP contribution is 2.29. The summed E-state index contributed by atoms with van der Waals surface area (Å²) in [6.07, 6.45) is 2.97. The van der Waals surface area contributed by atoms with Gasteiger partial charge in [0.1, 0.15) is 0 Å². The van der Waals surface area contributed by atoms with Gasteiger partial charge in [0.15, 0.2) is 0 Å². The second-order valence-corrected chi connectivity index (χ2v) is 8.54. The fourth-order valence-corrected chi connectivity index (χ4v) is 5.58. The predicted octanol–water partition coefficient (Wildman–Crippen LogP) is 2.17. The molecular formula is C14H20N2O2S2. The zero-order valence-electron chi connectivity index (χ0n) is 11.6. The van der Waals surface area contributed by atoms with E-state index in [-0.39, 0.29) is 6.04 Å².